The van der Waals surface area contributed by atoms with Crippen molar-refractivity contribution in [3.8, 4) is 5.75 Å². The van der Waals surface area contributed by atoms with E-state index in [9.17, 15) is 39.6 Å². The lowest BCUT2D eigenvalue weighted by atomic mass is 9.59. The standard InChI is InChI=1S/C27H33N3O8/c1-5-28-11-19(33)29-10-14-8-17(30(3)4)16-7-13-6-15-9-18(32)20(12(2)31)25(36)27(15,38)26(37)21(13)24(35)22(16)23(14)34/h8,13,15,28,34-36,38H,5-7,9-11H2,1-4H3,(H,29,33)/t13-,15+,27-/m1/s1. The van der Waals surface area contributed by atoms with Crippen LogP contribution in [0.5, 0.6) is 5.75 Å². The summed E-state index contributed by atoms with van der Waals surface area (Å²) >= 11 is 0. The monoisotopic (exact) mass is 527 g/mol. The van der Waals surface area contributed by atoms with Crippen LogP contribution in [-0.4, -0.2) is 76.5 Å². The molecule has 0 radical (unpaired) electrons. The van der Waals surface area contributed by atoms with Gasteiger partial charge in [-0.3, -0.25) is 19.2 Å². The molecule has 1 aromatic carbocycles. The number of phenols is 1. The van der Waals surface area contributed by atoms with Crippen molar-refractivity contribution >= 4 is 34.7 Å². The molecule has 0 unspecified atom stereocenters. The number of likely N-dealkylation sites (N-methyl/N-ethyl adjacent to an activating group) is 1. The highest BCUT2D eigenvalue weighted by atomic mass is 16.3. The quantitative estimate of drug-likeness (QED) is 0.278. The van der Waals surface area contributed by atoms with Gasteiger partial charge in [-0.15, -0.1) is 0 Å². The number of aliphatic hydroxyl groups excluding tert-OH is 2. The number of aromatic hydroxyl groups is 1. The third-order valence-electron chi connectivity index (χ3n) is 7.72. The number of aliphatic hydroxyl groups is 3. The Labute approximate surface area is 219 Å². The smallest absolute Gasteiger partial charge is 0.234 e. The summed E-state index contributed by atoms with van der Waals surface area (Å²) in [6.45, 7) is 3.59. The first kappa shape index (κ1) is 27.3. The van der Waals surface area contributed by atoms with Crippen LogP contribution in [0.3, 0.4) is 0 Å². The number of Topliss-reactive ketones (excluding diaryl/α,β-unsaturated/α-hetero) is 3. The summed E-state index contributed by atoms with van der Waals surface area (Å²) in [4.78, 5) is 52.2. The van der Waals surface area contributed by atoms with Gasteiger partial charge in [0.05, 0.1) is 12.1 Å². The number of phenolic OH excluding ortho intramolecular Hbond substituents is 1. The molecular weight excluding hydrogens is 494 g/mol. The molecule has 0 bridgehead atoms. The van der Waals surface area contributed by atoms with Crippen LogP contribution in [0.15, 0.2) is 23.0 Å². The molecule has 1 amide bonds. The van der Waals surface area contributed by atoms with Crippen molar-refractivity contribution in [2.45, 2.75) is 45.3 Å². The molecule has 11 heteroatoms. The van der Waals surface area contributed by atoms with Gasteiger partial charge in [0.2, 0.25) is 11.7 Å². The van der Waals surface area contributed by atoms with Crippen molar-refractivity contribution < 1.29 is 39.6 Å². The van der Waals surface area contributed by atoms with Gasteiger partial charge in [0.25, 0.3) is 0 Å². The largest absolute Gasteiger partial charge is 0.508 e. The molecule has 4 rings (SSSR count). The fourth-order valence-corrected chi connectivity index (χ4v) is 5.86. The third kappa shape index (κ3) is 4.15. The average Bonchev–Trinajstić information content (AvgIpc) is 2.83. The van der Waals surface area contributed by atoms with Gasteiger partial charge < -0.3 is 36.0 Å². The molecular formula is C27H33N3O8. The zero-order valence-electron chi connectivity index (χ0n) is 21.8. The Kier molecular flexibility index (Phi) is 7.11. The predicted octanol–water partition coefficient (Wildman–Crippen LogP) is 0.819. The van der Waals surface area contributed by atoms with Gasteiger partial charge in [-0.1, -0.05) is 6.92 Å². The van der Waals surface area contributed by atoms with Crippen molar-refractivity contribution in [3.63, 3.8) is 0 Å². The van der Waals surface area contributed by atoms with Gasteiger partial charge in [-0.25, -0.2) is 0 Å². The lowest BCUT2D eigenvalue weighted by molar-refractivity contribution is -0.147. The first-order valence-electron chi connectivity index (χ1n) is 12.5. The molecule has 11 nitrogen and oxygen atoms in total. The Bertz CT molecular complexity index is 1310. The number of ketones is 3. The molecule has 0 saturated heterocycles. The van der Waals surface area contributed by atoms with Crippen LogP contribution in [0.4, 0.5) is 5.69 Å². The lowest BCUT2D eigenvalue weighted by Gasteiger charge is -2.46. The van der Waals surface area contributed by atoms with E-state index in [2.05, 4.69) is 10.6 Å². The fourth-order valence-electron chi connectivity index (χ4n) is 5.86. The number of amides is 1. The molecule has 1 aromatic rings. The number of allylic oxidation sites excluding steroid dienone is 1. The number of rotatable bonds is 7. The Balaban J connectivity index is 1.84. The molecule has 1 fully saturated rings. The van der Waals surface area contributed by atoms with Gasteiger partial charge >= 0.3 is 0 Å². The van der Waals surface area contributed by atoms with E-state index < -0.39 is 51.9 Å². The minimum Gasteiger partial charge on any atom is -0.508 e. The molecule has 3 aliphatic rings. The normalized spacial score (nSPS) is 24.6. The molecule has 0 aromatic heterocycles. The lowest BCUT2D eigenvalue weighted by Crippen LogP contribution is -2.57. The number of benzene rings is 1. The first-order chi connectivity index (χ1) is 17.8. The molecule has 0 aliphatic heterocycles. The Hall–Kier alpha value is -3.70. The average molecular weight is 528 g/mol. The van der Waals surface area contributed by atoms with Crippen molar-refractivity contribution in [2.75, 3.05) is 32.1 Å². The maximum absolute atomic E-state index is 13.7. The van der Waals surface area contributed by atoms with E-state index in [1.54, 1.807) is 25.1 Å². The Morgan fingerprint density at radius 3 is 2.45 bits per heavy atom. The number of hydrogen-bond donors (Lipinski definition) is 6. The van der Waals surface area contributed by atoms with Crippen LogP contribution in [0.2, 0.25) is 0 Å². The van der Waals surface area contributed by atoms with E-state index in [0.717, 1.165) is 6.92 Å². The highest BCUT2D eigenvalue weighted by Gasteiger charge is 2.60. The summed E-state index contributed by atoms with van der Waals surface area (Å²) in [5, 5.41) is 50.4. The summed E-state index contributed by atoms with van der Waals surface area (Å²) < 4.78 is 0. The van der Waals surface area contributed by atoms with Gasteiger partial charge in [0, 0.05) is 49.8 Å². The zero-order chi connectivity index (χ0) is 28.1. The summed E-state index contributed by atoms with van der Waals surface area (Å²) in [5.41, 5.74) is -1.76. The van der Waals surface area contributed by atoms with Crippen LogP contribution in [0.25, 0.3) is 5.76 Å². The molecule has 0 spiro atoms. The second kappa shape index (κ2) is 9.88. The van der Waals surface area contributed by atoms with Crippen LogP contribution >= 0.6 is 0 Å². The summed E-state index contributed by atoms with van der Waals surface area (Å²) in [6.07, 6.45) is 0.0211. The van der Waals surface area contributed by atoms with Crippen LogP contribution in [0, 0.1) is 11.8 Å². The van der Waals surface area contributed by atoms with Crippen LogP contribution < -0.4 is 15.5 Å². The van der Waals surface area contributed by atoms with Crippen LogP contribution in [0.1, 0.15) is 43.4 Å². The van der Waals surface area contributed by atoms with E-state index in [1.807, 2.05) is 6.92 Å². The van der Waals surface area contributed by atoms with E-state index in [-0.39, 0.29) is 55.1 Å². The molecule has 6 N–H and O–H groups in total. The minimum absolute atomic E-state index is 0.0101. The molecule has 204 valence electrons. The predicted molar refractivity (Wildman–Crippen MR) is 138 cm³/mol. The zero-order valence-corrected chi connectivity index (χ0v) is 21.8. The summed E-state index contributed by atoms with van der Waals surface area (Å²) in [7, 11) is 3.57. The van der Waals surface area contributed by atoms with Crippen molar-refractivity contribution in [3.05, 3.63) is 39.7 Å². The second-order valence-electron chi connectivity index (χ2n) is 10.3. The molecule has 3 atom stereocenters. The van der Waals surface area contributed by atoms with Gasteiger partial charge in [-0.2, -0.15) is 0 Å². The Morgan fingerprint density at radius 1 is 1.16 bits per heavy atom. The highest BCUT2D eigenvalue weighted by Crippen LogP contribution is 2.53. The van der Waals surface area contributed by atoms with E-state index in [0.29, 0.717) is 23.4 Å². The number of nitrogens with one attached hydrogen (secondary N) is 2. The number of hydrogen-bond acceptors (Lipinski definition) is 10. The number of anilines is 1. The Morgan fingerprint density at radius 2 is 1.84 bits per heavy atom. The fraction of sp³-hybridized carbons (Fsp3) is 0.481. The molecule has 0 heterocycles. The van der Waals surface area contributed by atoms with Crippen molar-refractivity contribution in [1.29, 1.82) is 0 Å². The molecule has 3 aliphatic carbocycles. The topological polar surface area (TPSA) is 176 Å². The molecule has 1 saturated carbocycles. The third-order valence-corrected chi connectivity index (χ3v) is 7.72. The second-order valence-corrected chi connectivity index (χ2v) is 10.3. The van der Waals surface area contributed by atoms with Gasteiger partial charge in [0.1, 0.15) is 22.8 Å². The van der Waals surface area contributed by atoms with Crippen LogP contribution in [-0.2, 0) is 32.1 Å². The maximum atomic E-state index is 13.7. The van der Waals surface area contributed by atoms with Crippen molar-refractivity contribution in [2.24, 2.45) is 11.8 Å². The number of carbonyl (C=O) groups is 4. The minimum atomic E-state index is -2.54. The van der Waals surface area contributed by atoms with Gasteiger partial charge in [0.15, 0.2) is 17.2 Å². The SMILES string of the molecule is CCNCC(=O)NCc1cc(N(C)C)c2c(c1O)C(O)=C1C(=O)[C@]3(O)C(O)=C(C(C)=O)C(=O)C[C@@H]3C[C@@H]1C2. The number of carbonyl (C=O) groups excluding carboxylic acids is 4. The van der Waals surface area contributed by atoms with E-state index in [1.165, 1.54) is 0 Å². The number of fused-ring (bicyclic) bond motifs is 3. The number of nitrogens with zero attached hydrogens (tertiary/aromatic N) is 1. The van der Waals surface area contributed by atoms with E-state index >= 15 is 0 Å². The molecule has 38 heavy (non-hydrogen) atoms. The highest BCUT2D eigenvalue weighted by molar-refractivity contribution is 6.23. The maximum Gasteiger partial charge on any atom is 0.234 e. The van der Waals surface area contributed by atoms with E-state index in [4.69, 9.17) is 0 Å². The first-order valence-corrected chi connectivity index (χ1v) is 12.5. The summed E-state index contributed by atoms with van der Waals surface area (Å²) in [6, 6.07) is 1.71. The summed E-state index contributed by atoms with van der Waals surface area (Å²) in [5.74, 6) is -6.11. The van der Waals surface area contributed by atoms with Crippen molar-refractivity contribution in [1.82, 2.24) is 10.6 Å². The van der Waals surface area contributed by atoms with Gasteiger partial charge in [-0.05, 0) is 43.9 Å².